The summed E-state index contributed by atoms with van der Waals surface area (Å²) in [4.78, 5) is 33.5. The van der Waals surface area contributed by atoms with Gasteiger partial charge < -0.3 is 19.9 Å². The molecule has 8 nitrogen and oxygen atoms in total. The van der Waals surface area contributed by atoms with Crippen LogP contribution in [0, 0.1) is 11.3 Å². The summed E-state index contributed by atoms with van der Waals surface area (Å²) in [5.41, 5.74) is 4.16. The number of piperazine rings is 1. The van der Waals surface area contributed by atoms with Crippen LogP contribution in [0.15, 0.2) is 30.3 Å². The lowest BCUT2D eigenvalue weighted by Crippen LogP contribution is -2.54. The number of methoxy groups -OCH3 is 1. The van der Waals surface area contributed by atoms with Crippen molar-refractivity contribution in [1.82, 2.24) is 9.88 Å². The summed E-state index contributed by atoms with van der Waals surface area (Å²) in [5.74, 6) is 1.13. The monoisotopic (exact) mass is 475 g/mol. The number of nitrogens with one attached hydrogen (secondary N) is 1. The second-order valence-electron chi connectivity index (χ2n) is 9.29. The number of amides is 2. The molecule has 0 spiro atoms. The number of nitriles is 1. The number of nitrogens with zero attached hydrogens (tertiary/aromatic N) is 4. The number of pyridine rings is 1. The van der Waals surface area contributed by atoms with Crippen LogP contribution in [-0.2, 0) is 14.3 Å². The molecule has 0 bridgehead atoms. The minimum atomic E-state index is -0.0373. The molecule has 1 aromatic carbocycles. The average Bonchev–Trinajstić information content (AvgIpc) is 3.72. The number of rotatable bonds is 8. The summed E-state index contributed by atoms with van der Waals surface area (Å²) >= 11 is 0. The van der Waals surface area contributed by atoms with Crippen molar-refractivity contribution in [2.45, 2.75) is 51.5 Å². The Morgan fingerprint density at radius 2 is 2.06 bits per heavy atom. The van der Waals surface area contributed by atoms with E-state index in [0.29, 0.717) is 56.4 Å². The van der Waals surface area contributed by atoms with Crippen LogP contribution in [0.25, 0.3) is 11.1 Å². The number of ether oxygens (including phenoxy) is 1. The van der Waals surface area contributed by atoms with E-state index in [4.69, 9.17) is 9.72 Å². The first-order chi connectivity index (χ1) is 16.9. The third kappa shape index (κ3) is 5.63. The van der Waals surface area contributed by atoms with Crippen molar-refractivity contribution in [2.75, 3.05) is 43.6 Å². The second kappa shape index (κ2) is 10.9. The van der Waals surface area contributed by atoms with Gasteiger partial charge in [-0.3, -0.25) is 9.59 Å². The summed E-state index contributed by atoms with van der Waals surface area (Å²) < 4.78 is 5.06. The van der Waals surface area contributed by atoms with Gasteiger partial charge in [-0.15, -0.1) is 0 Å². The van der Waals surface area contributed by atoms with E-state index in [9.17, 15) is 14.9 Å². The lowest BCUT2D eigenvalue weighted by Gasteiger charge is -2.41. The van der Waals surface area contributed by atoms with Crippen molar-refractivity contribution in [3.8, 4) is 17.2 Å². The minimum Gasteiger partial charge on any atom is -0.384 e. The van der Waals surface area contributed by atoms with Gasteiger partial charge in [-0.25, -0.2) is 4.98 Å². The van der Waals surface area contributed by atoms with E-state index in [1.165, 1.54) is 0 Å². The number of aromatic nitrogens is 1. The van der Waals surface area contributed by atoms with Gasteiger partial charge in [0.05, 0.1) is 24.3 Å². The van der Waals surface area contributed by atoms with E-state index in [1.807, 2.05) is 49.1 Å². The fourth-order valence-electron chi connectivity index (χ4n) is 4.61. The van der Waals surface area contributed by atoms with Gasteiger partial charge in [0.1, 0.15) is 11.9 Å². The van der Waals surface area contributed by atoms with E-state index in [-0.39, 0.29) is 17.9 Å². The van der Waals surface area contributed by atoms with Gasteiger partial charge in [0, 0.05) is 56.4 Å². The zero-order chi connectivity index (χ0) is 24.9. The maximum absolute atomic E-state index is 12.5. The van der Waals surface area contributed by atoms with E-state index in [2.05, 4.69) is 16.3 Å². The summed E-state index contributed by atoms with van der Waals surface area (Å²) in [5, 5.41) is 12.9. The molecular weight excluding hydrogens is 442 g/mol. The fourth-order valence-corrected chi connectivity index (χ4v) is 4.61. The van der Waals surface area contributed by atoms with Crippen molar-refractivity contribution in [1.29, 1.82) is 5.26 Å². The van der Waals surface area contributed by atoms with Crippen LogP contribution < -0.4 is 10.2 Å². The standard InChI is InChI=1S/C27H33N5O3/c1-4-24(33)29-22-7-5-6-20(14-22)23-15-21(16-28)27(30-26(23)19-8-9-19)31-11-12-32(18(2)17-31)25(34)10-13-35-3/h5-7,14-15,18-19H,4,8-13,17H2,1-3H3,(H,29,33)/t18-/m1/s1. The Balaban J connectivity index is 1.63. The Labute approximate surface area is 206 Å². The predicted octanol–water partition coefficient (Wildman–Crippen LogP) is 3.92. The van der Waals surface area contributed by atoms with Crippen molar-refractivity contribution in [3.05, 3.63) is 41.6 Å². The SMILES string of the molecule is CCC(=O)Nc1cccc(-c2cc(C#N)c(N3CCN(C(=O)CCOC)[C@H](C)C3)nc2C2CC2)c1. The van der Waals surface area contributed by atoms with Gasteiger partial charge >= 0.3 is 0 Å². The Morgan fingerprint density at radius 1 is 1.26 bits per heavy atom. The van der Waals surface area contributed by atoms with E-state index >= 15 is 0 Å². The molecule has 2 aromatic rings. The maximum Gasteiger partial charge on any atom is 0.225 e. The third-order valence-corrected chi connectivity index (χ3v) is 6.66. The van der Waals surface area contributed by atoms with Crippen molar-refractivity contribution >= 4 is 23.3 Å². The van der Waals surface area contributed by atoms with Gasteiger partial charge in [-0.1, -0.05) is 19.1 Å². The quantitative estimate of drug-likeness (QED) is 0.621. The molecule has 1 saturated carbocycles. The molecule has 1 N–H and O–H groups in total. The molecule has 1 aliphatic carbocycles. The molecular formula is C27H33N5O3. The average molecular weight is 476 g/mol. The lowest BCUT2D eigenvalue weighted by atomic mass is 9.98. The Hall–Kier alpha value is -3.44. The molecule has 0 unspecified atom stereocenters. The van der Waals surface area contributed by atoms with E-state index in [0.717, 1.165) is 35.3 Å². The van der Waals surface area contributed by atoms with Crippen LogP contribution in [0.4, 0.5) is 11.5 Å². The summed E-state index contributed by atoms with van der Waals surface area (Å²) in [6.07, 6.45) is 2.95. The topological polar surface area (TPSA) is 98.6 Å². The highest BCUT2D eigenvalue weighted by Crippen LogP contribution is 2.45. The Bertz CT molecular complexity index is 1140. The van der Waals surface area contributed by atoms with Crippen LogP contribution in [-0.4, -0.2) is 61.1 Å². The van der Waals surface area contributed by atoms with Crippen molar-refractivity contribution < 1.29 is 14.3 Å². The molecule has 35 heavy (non-hydrogen) atoms. The summed E-state index contributed by atoms with van der Waals surface area (Å²) in [6.45, 7) is 6.13. The molecule has 2 amide bonds. The minimum absolute atomic E-state index is 0.0179. The van der Waals surface area contributed by atoms with Gasteiger partial charge in [0.2, 0.25) is 11.8 Å². The van der Waals surface area contributed by atoms with Crippen molar-refractivity contribution in [2.24, 2.45) is 0 Å². The number of anilines is 2. The second-order valence-corrected chi connectivity index (χ2v) is 9.29. The first-order valence-electron chi connectivity index (χ1n) is 12.3. The Morgan fingerprint density at radius 3 is 2.71 bits per heavy atom. The summed E-state index contributed by atoms with van der Waals surface area (Å²) in [6, 6.07) is 12.0. The highest BCUT2D eigenvalue weighted by atomic mass is 16.5. The third-order valence-electron chi connectivity index (χ3n) is 6.66. The molecule has 2 aliphatic rings. The van der Waals surface area contributed by atoms with Gasteiger partial charge in [0.25, 0.3) is 0 Å². The number of hydrogen-bond acceptors (Lipinski definition) is 6. The van der Waals surface area contributed by atoms with Gasteiger partial charge in [-0.2, -0.15) is 5.26 Å². The normalized spacial score (nSPS) is 17.7. The van der Waals surface area contributed by atoms with Crippen LogP contribution in [0.1, 0.15) is 56.7 Å². The highest BCUT2D eigenvalue weighted by Gasteiger charge is 2.33. The molecule has 1 aliphatic heterocycles. The van der Waals surface area contributed by atoms with Crippen LogP contribution in [0.3, 0.4) is 0 Å². The van der Waals surface area contributed by atoms with Crippen molar-refractivity contribution in [3.63, 3.8) is 0 Å². The fraction of sp³-hybridized carbons (Fsp3) is 0.481. The molecule has 1 saturated heterocycles. The number of carbonyl (C=O) groups excluding carboxylic acids is 2. The first-order valence-corrected chi connectivity index (χ1v) is 12.3. The number of benzene rings is 1. The molecule has 2 heterocycles. The largest absolute Gasteiger partial charge is 0.384 e. The maximum atomic E-state index is 12.5. The van der Waals surface area contributed by atoms with Gasteiger partial charge in [0.15, 0.2) is 0 Å². The van der Waals surface area contributed by atoms with Crippen LogP contribution in [0.2, 0.25) is 0 Å². The van der Waals surface area contributed by atoms with Gasteiger partial charge in [-0.05, 0) is 43.5 Å². The van der Waals surface area contributed by atoms with Crippen LogP contribution >= 0.6 is 0 Å². The predicted molar refractivity (Wildman–Crippen MR) is 135 cm³/mol. The molecule has 184 valence electrons. The van der Waals surface area contributed by atoms with E-state index in [1.54, 1.807) is 7.11 Å². The number of hydrogen-bond donors (Lipinski definition) is 1. The zero-order valence-corrected chi connectivity index (χ0v) is 20.7. The molecule has 1 atom stereocenters. The highest BCUT2D eigenvalue weighted by molar-refractivity contribution is 5.91. The lowest BCUT2D eigenvalue weighted by molar-refractivity contribution is -0.134. The zero-order valence-electron chi connectivity index (χ0n) is 20.7. The molecule has 2 fully saturated rings. The molecule has 0 radical (unpaired) electrons. The smallest absolute Gasteiger partial charge is 0.225 e. The first kappa shape index (κ1) is 24.7. The van der Waals surface area contributed by atoms with Crippen LogP contribution in [0.5, 0.6) is 0 Å². The summed E-state index contributed by atoms with van der Waals surface area (Å²) in [7, 11) is 1.60. The molecule has 8 heteroatoms. The number of carbonyl (C=O) groups is 2. The Kier molecular flexibility index (Phi) is 7.67. The molecule has 1 aromatic heterocycles. The van der Waals surface area contributed by atoms with E-state index < -0.39 is 0 Å². The molecule has 4 rings (SSSR count).